The van der Waals surface area contributed by atoms with Crippen molar-refractivity contribution in [3.8, 4) is 0 Å². The quantitative estimate of drug-likeness (QED) is 0.724. The first-order valence-electron chi connectivity index (χ1n) is 6.92. The van der Waals surface area contributed by atoms with Crippen LogP contribution in [-0.2, 0) is 14.3 Å². The summed E-state index contributed by atoms with van der Waals surface area (Å²) >= 11 is 0. The normalized spacial score (nSPS) is 40.4. The topological polar surface area (TPSA) is 58.6 Å². The number of amides is 2. The van der Waals surface area contributed by atoms with Gasteiger partial charge in [-0.3, -0.25) is 14.5 Å². The van der Waals surface area contributed by atoms with Gasteiger partial charge >= 0.3 is 0 Å². The van der Waals surface area contributed by atoms with Crippen LogP contribution < -0.4 is 5.32 Å². The molecule has 2 bridgehead atoms. The zero-order valence-corrected chi connectivity index (χ0v) is 10.7. The number of nitrogens with one attached hydrogen (secondary N) is 1. The molecule has 3 fully saturated rings. The molecule has 0 aliphatic carbocycles. The Hall–Kier alpha value is -0.940. The molecule has 0 aromatic heterocycles. The van der Waals surface area contributed by atoms with Gasteiger partial charge in [-0.15, -0.1) is 0 Å². The standard InChI is InChI=1S/C13H20N2O3/c1-8-3-2-4-9(14-8)7-15-12(16)10-5-6-11(18-10)13(15)17/h8-11,14H,2-7H2,1H3. The van der Waals surface area contributed by atoms with E-state index in [1.165, 1.54) is 17.7 Å². The van der Waals surface area contributed by atoms with Crippen molar-refractivity contribution in [3.05, 3.63) is 0 Å². The molecule has 0 aromatic carbocycles. The molecule has 3 heterocycles. The van der Waals surface area contributed by atoms with Gasteiger partial charge in [-0.2, -0.15) is 0 Å². The summed E-state index contributed by atoms with van der Waals surface area (Å²) < 4.78 is 5.40. The Labute approximate surface area is 107 Å². The Morgan fingerprint density at radius 2 is 1.83 bits per heavy atom. The van der Waals surface area contributed by atoms with Gasteiger partial charge in [-0.25, -0.2) is 0 Å². The average molecular weight is 252 g/mol. The summed E-state index contributed by atoms with van der Waals surface area (Å²) in [5.41, 5.74) is 0. The molecule has 5 nitrogen and oxygen atoms in total. The van der Waals surface area contributed by atoms with E-state index < -0.39 is 0 Å². The third-order valence-electron chi connectivity index (χ3n) is 4.22. The number of nitrogens with zero attached hydrogens (tertiary/aromatic N) is 1. The predicted octanol–water partition coefficient (Wildman–Crippen LogP) is 0.433. The lowest BCUT2D eigenvalue weighted by Crippen LogP contribution is -2.57. The molecule has 0 aromatic rings. The second-order valence-corrected chi connectivity index (χ2v) is 5.67. The van der Waals surface area contributed by atoms with Crippen molar-refractivity contribution in [2.45, 2.75) is 63.3 Å². The number of carbonyl (C=O) groups is 2. The molecule has 0 radical (unpaired) electrons. The number of imide groups is 1. The molecule has 100 valence electrons. The van der Waals surface area contributed by atoms with Crippen LogP contribution in [0.2, 0.25) is 0 Å². The summed E-state index contributed by atoms with van der Waals surface area (Å²) in [4.78, 5) is 25.6. The van der Waals surface area contributed by atoms with E-state index in [-0.39, 0.29) is 30.1 Å². The first kappa shape index (κ1) is 12.1. The second-order valence-electron chi connectivity index (χ2n) is 5.67. The number of likely N-dealkylation sites (tertiary alicyclic amines) is 1. The number of fused-ring (bicyclic) bond motifs is 2. The Morgan fingerprint density at radius 1 is 1.17 bits per heavy atom. The van der Waals surface area contributed by atoms with Crippen molar-refractivity contribution < 1.29 is 14.3 Å². The predicted molar refractivity (Wildman–Crippen MR) is 64.9 cm³/mol. The fourth-order valence-electron chi connectivity index (χ4n) is 3.24. The zero-order chi connectivity index (χ0) is 12.7. The molecular weight excluding hydrogens is 232 g/mol. The molecule has 18 heavy (non-hydrogen) atoms. The van der Waals surface area contributed by atoms with Crippen LogP contribution in [0.15, 0.2) is 0 Å². The minimum atomic E-state index is -0.367. The van der Waals surface area contributed by atoms with Crippen LogP contribution in [0.5, 0.6) is 0 Å². The summed E-state index contributed by atoms with van der Waals surface area (Å²) in [6, 6.07) is 0.728. The first-order valence-corrected chi connectivity index (χ1v) is 6.92. The van der Waals surface area contributed by atoms with E-state index in [2.05, 4.69) is 12.2 Å². The summed E-state index contributed by atoms with van der Waals surface area (Å²) in [5, 5.41) is 3.47. The van der Waals surface area contributed by atoms with Gasteiger partial charge < -0.3 is 10.1 Å². The van der Waals surface area contributed by atoms with Gasteiger partial charge in [-0.05, 0) is 32.6 Å². The van der Waals surface area contributed by atoms with E-state index in [1.807, 2.05) is 0 Å². The fourth-order valence-corrected chi connectivity index (χ4v) is 3.24. The molecule has 4 atom stereocenters. The lowest BCUT2D eigenvalue weighted by atomic mass is 9.99. The number of rotatable bonds is 2. The maximum absolute atomic E-state index is 12.1. The van der Waals surface area contributed by atoms with E-state index in [9.17, 15) is 9.59 Å². The Kier molecular flexibility index (Phi) is 3.11. The highest BCUT2D eigenvalue weighted by Gasteiger charge is 2.46. The molecule has 0 spiro atoms. The van der Waals surface area contributed by atoms with Crippen LogP contribution >= 0.6 is 0 Å². The van der Waals surface area contributed by atoms with Crippen molar-refractivity contribution in [1.82, 2.24) is 10.2 Å². The highest BCUT2D eigenvalue weighted by Crippen LogP contribution is 2.29. The summed E-state index contributed by atoms with van der Waals surface area (Å²) in [7, 11) is 0. The van der Waals surface area contributed by atoms with E-state index in [4.69, 9.17) is 4.74 Å². The number of carbonyl (C=O) groups excluding carboxylic acids is 2. The van der Waals surface area contributed by atoms with Gasteiger partial charge in [-0.1, -0.05) is 6.42 Å². The molecule has 3 rings (SSSR count). The van der Waals surface area contributed by atoms with Crippen LogP contribution in [0, 0.1) is 0 Å². The minimum absolute atomic E-state index is 0.131. The van der Waals surface area contributed by atoms with Gasteiger partial charge in [0.15, 0.2) is 0 Å². The molecule has 2 amide bonds. The number of hydrogen-bond acceptors (Lipinski definition) is 4. The minimum Gasteiger partial charge on any atom is -0.355 e. The fraction of sp³-hybridized carbons (Fsp3) is 0.846. The molecule has 1 N–H and O–H groups in total. The van der Waals surface area contributed by atoms with Gasteiger partial charge in [0.2, 0.25) is 0 Å². The van der Waals surface area contributed by atoms with Crippen molar-refractivity contribution in [2.24, 2.45) is 0 Å². The number of ether oxygens (including phenoxy) is 1. The molecule has 3 aliphatic rings. The van der Waals surface area contributed by atoms with Gasteiger partial charge in [0.25, 0.3) is 11.8 Å². The summed E-state index contributed by atoms with van der Waals surface area (Å²) in [6.07, 6.45) is 4.03. The van der Waals surface area contributed by atoms with Gasteiger partial charge in [0.05, 0.1) is 0 Å². The maximum Gasteiger partial charge on any atom is 0.258 e. The molecule has 0 saturated carbocycles. The van der Waals surface area contributed by atoms with E-state index in [1.54, 1.807) is 0 Å². The summed E-state index contributed by atoms with van der Waals surface area (Å²) in [5.74, 6) is -0.262. The van der Waals surface area contributed by atoms with Crippen molar-refractivity contribution in [2.75, 3.05) is 6.54 Å². The van der Waals surface area contributed by atoms with E-state index >= 15 is 0 Å². The highest BCUT2D eigenvalue weighted by atomic mass is 16.5. The SMILES string of the molecule is CC1CCCC(CN2C(=O)C3CCC(O3)C2=O)N1. The number of morpholine rings is 1. The number of piperidine rings is 1. The van der Waals surface area contributed by atoms with Gasteiger partial charge in [0.1, 0.15) is 12.2 Å². The number of hydrogen-bond donors (Lipinski definition) is 1. The second kappa shape index (κ2) is 4.63. The van der Waals surface area contributed by atoms with E-state index in [0.29, 0.717) is 25.4 Å². The Bertz CT molecular complexity index is 349. The maximum atomic E-state index is 12.1. The van der Waals surface area contributed by atoms with Crippen LogP contribution in [0.1, 0.15) is 39.0 Å². The smallest absolute Gasteiger partial charge is 0.258 e. The van der Waals surface area contributed by atoms with Gasteiger partial charge in [0, 0.05) is 18.6 Å². The molecule has 3 aliphatic heterocycles. The zero-order valence-electron chi connectivity index (χ0n) is 10.7. The van der Waals surface area contributed by atoms with Crippen molar-refractivity contribution in [3.63, 3.8) is 0 Å². The Balaban J connectivity index is 1.68. The third-order valence-corrected chi connectivity index (χ3v) is 4.22. The first-order chi connectivity index (χ1) is 8.65. The molecular formula is C13H20N2O3. The molecule has 3 saturated heterocycles. The lowest BCUT2D eigenvalue weighted by molar-refractivity contribution is -0.169. The lowest BCUT2D eigenvalue weighted by Gasteiger charge is -2.35. The van der Waals surface area contributed by atoms with Crippen LogP contribution in [-0.4, -0.2) is 47.6 Å². The summed E-state index contributed by atoms with van der Waals surface area (Å²) in [6.45, 7) is 2.66. The largest absolute Gasteiger partial charge is 0.355 e. The molecule has 4 unspecified atom stereocenters. The van der Waals surface area contributed by atoms with Crippen LogP contribution in [0.3, 0.4) is 0 Å². The Morgan fingerprint density at radius 3 is 2.44 bits per heavy atom. The van der Waals surface area contributed by atoms with Crippen molar-refractivity contribution in [1.29, 1.82) is 0 Å². The third kappa shape index (κ3) is 2.06. The average Bonchev–Trinajstić information content (AvgIpc) is 2.79. The van der Waals surface area contributed by atoms with Crippen LogP contribution in [0.4, 0.5) is 0 Å². The highest BCUT2D eigenvalue weighted by molar-refractivity contribution is 6.02. The van der Waals surface area contributed by atoms with E-state index in [0.717, 1.165) is 6.42 Å². The monoisotopic (exact) mass is 252 g/mol. The van der Waals surface area contributed by atoms with Crippen molar-refractivity contribution >= 4 is 11.8 Å². The van der Waals surface area contributed by atoms with Crippen LogP contribution in [0.25, 0.3) is 0 Å². The molecule has 5 heteroatoms.